The Morgan fingerprint density at radius 1 is 1.16 bits per heavy atom. The van der Waals surface area contributed by atoms with Crippen molar-refractivity contribution in [2.75, 3.05) is 0 Å². The summed E-state index contributed by atoms with van der Waals surface area (Å²) in [4.78, 5) is 25.5. The molecule has 0 aliphatic heterocycles. The first-order valence-corrected chi connectivity index (χ1v) is 10.6. The molecule has 8 nitrogen and oxygen atoms in total. The number of pyridine rings is 1. The predicted molar refractivity (Wildman–Crippen MR) is 120 cm³/mol. The van der Waals surface area contributed by atoms with Gasteiger partial charge in [0.05, 0.1) is 11.7 Å². The lowest BCUT2D eigenvalue weighted by molar-refractivity contribution is -0.121. The fourth-order valence-electron chi connectivity index (χ4n) is 3.67. The number of aryl methyl sites for hydroxylation is 2. The molecule has 0 saturated carbocycles. The van der Waals surface area contributed by atoms with E-state index in [1.807, 2.05) is 63.2 Å². The monoisotopic (exact) mass is 430 g/mol. The highest BCUT2D eigenvalue weighted by molar-refractivity contribution is 5.76. The third kappa shape index (κ3) is 4.91. The molecule has 1 unspecified atom stereocenters. The lowest BCUT2D eigenvalue weighted by Crippen LogP contribution is -2.27. The maximum absolute atomic E-state index is 12.6. The van der Waals surface area contributed by atoms with E-state index >= 15 is 0 Å². The van der Waals surface area contributed by atoms with Gasteiger partial charge in [-0.15, -0.1) is 0 Å². The highest BCUT2D eigenvalue weighted by Crippen LogP contribution is 2.21. The molecule has 0 aliphatic carbocycles. The number of hydrogen-bond donors (Lipinski definition) is 1. The first kappa shape index (κ1) is 21.4. The van der Waals surface area contributed by atoms with Crippen LogP contribution in [0.25, 0.3) is 5.78 Å². The van der Waals surface area contributed by atoms with Gasteiger partial charge in [0.25, 0.3) is 5.78 Å². The number of ether oxygens (including phenoxy) is 1. The number of carbonyl (C=O) groups is 1. The van der Waals surface area contributed by atoms with Gasteiger partial charge in [-0.25, -0.2) is 9.50 Å². The largest absolute Gasteiger partial charge is 0.487 e. The normalized spacial score (nSPS) is 12.0. The van der Waals surface area contributed by atoms with Crippen molar-refractivity contribution in [2.24, 2.45) is 0 Å². The van der Waals surface area contributed by atoms with Crippen LogP contribution >= 0.6 is 0 Å². The quantitative estimate of drug-likeness (QED) is 0.460. The first-order chi connectivity index (χ1) is 15.5. The van der Waals surface area contributed by atoms with Gasteiger partial charge in [0, 0.05) is 24.0 Å². The molecule has 4 aromatic rings. The van der Waals surface area contributed by atoms with E-state index < -0.39 is 0 Å². The Balaban J connectivity index is 1.35. The Kier molecular flexibility index (Phi) is 6.39. The predicted octanol–water partition coefficient (Wildman–Crippen LogP) is 3.53. The van der Waals surface area contributed by atoms with E-state index in [4.69, 9.17) is 4.74 Å². The van der Waals surface area contributed by atoms with Crippen molar-refractivity contribution >= 4 is 11.7 Å². The fourth-order valence-corrected chi connectivity index (χ4v) is 3.67. The number of carbonyl (C=O) groups excluding carboxylic acids is 1. The molecule has 0 fully saturated rings. The number of aromatic nitrogens is 5. The number of rotatable bonds is 8. The molecule has 164 valence electrons. The first-order valence-electron chi connectivity index (χ1n) is 10.6. The van der Waals surface area contributed by atoms with Crippen LogP contribution in [-0.4, -0.2) is 30.5 Å². The molecule has 1 atom stereocenters. The zero-order valence-electron chi connectivity index (χ0n) is 18.4. The van der Waals surface area contributed by atoms with E-state index in [1.54, 1.807) is 10.7 Å². The number of fused-ring (bicyclic) bond motifs is 1. The van der Waals surface area contributed by atoms with E-state index in [2.05, 4.69) is 25.4 Å². The molecule has 0 saturated heterocycles. The van der Waals surface area contributed by atoms with Gasteiger partial charge in [-0.05, 0) is 62.6 Å². The molecular formula is C24H26N6O2. The average molecular weight is 431 g/mol. The van der Waals surface area contributed by atoms with Crippen LogP contribution < -0.4 is 10.1 Å². The summed E-state index contributed by atoms with van der Waals surface area (Å²) in [6.45, 7) is 6.28. The summed E-state index contributed by atoms with van der Waals surface area (Å²) >= 11 is 0. The lowest BCUT2D eigenvalue weighted by atomic mass is 10.1. The van der Waals surface area contributed by atoms with Crippen molar-refractivity contribution in [1.82, 2.24) is 29.9 Å². The standard InChI is InChI=1S/C24H26N6O2/c1-16(19-7-6-9-21(13-19)32-14-20-8-4-5-12-25-20)28-23(31)11-10-22-17(2)29-24-26-15-27-30(24)18(22)3/h4-9,12-13,15-16H,10-11,14H2,1-3H3,(H,28,31). The zero-order valence-corrected chi connectivity index (χ0v) is 18.4. The molecule has 1 amide bonds. The highest BCUT2D eigenvalue weighted by Gasteiger charge is 2.15. The number of benzene rings is 1. The molecule has 1 aromatic carbocycles. The molecule has 1 N–H and O–H groups in total. The molecule has 0 aliphatic rings. The van der Waals surface area contributed by atoms with E-state index in [1.165, 1.54) is 6.33 Å². The second-order valence-corrected chi connectivity index (χ2v) is 7.70. The summed E-state index contributed by atoms with van der Waals surface area (Å²) in [5.74, 6) is 1.30. The van der Waals surface area contributed by atoms with Crippen LogP contribution in [-0.2, 0) is 17.8 Å². The van der Waals surface area contributed by atoms with Crippen molar-refractivity contribution in [1.29, 1.82) is 0 Å². The minimum atomic E-state index is -0.140. The summed E-state index contributed by atoms with van der Waals surface area (Å²) in [7, 11) is 0. The van der Waals surface area contributed by atoms with Gasteiger partial charge in [0.1, 0.15) is 18.7 Å². The molecule has 32 heavy (non-hydrogen) atoms. The van der Waals surface area contributed by atoms with Crippen LogP contribution in [0.15, 0.2) is 55.0 Å². The van der Waals surface area contributed by atoms with Gasteiger partial charge in [-0.1, -0.05) is 18.2 Å². The number of nitrogens with one attached hydrogen (secondary N) is 1. The summed E-state index contributed by atoms with van der Waals surface area (Å²) < 4.78 is 7.56. The molecule has 0 spiro atoms. The Morgan fingerprint density at radius 2 is 2.03 bits per heavy atom. The smallest absolute Gasteiger partial charge is 0.252 e. The maximum atomic E-state index is 12.6. The van der Waals surface area contributed by atoms with Crippen LogP contribution in [0.4, 0.5) is 0 Å². The molecule has 4 rings (SSSR count). The average Bonchev–Trinajstić information content (AvgIpc) is 3.27. The Morgan fingerprint density at radius 3 is 2.84 bits per heavy atom. The topological polar surface area (TPSA) is 94.3 Å². The van der Waals surface area contributed by atoms with E-state index in [-0.39, 0.29) is 11.9 Å². The number of hydrogen-bond acceptors (Lipinski definition) is 6. The van der Waals surface area contributed by atoms with Crippen molar-refractivity contribution in [3.8, 4) is 5.75 Å². The second kappa shape index (κ2) is 9.55. The third-order valence-corrected chi connectivity index (χ3v) is 5.44. The highest BCUT2D eigenvalue weighted by atomic mass is 16.5. The number of nitrogens with zero attached hydrogens (tertiary/aromatic N) is 5. The van der Waals surface area contributed by atoms with E-state index in [9.17, 15) is 4.79 Å². The van der Waals surface area contributed by atoms with Crippen molar-refractivity contribution in [3.05, 3.63) is 83.2 Å². The molecular weight excluding hydrogens is 404 g/mol. The third-order valence-electron chi connectivity index (χ3n) is 5.44. The Labute approximate surface area is 186 Å². The van der Waals surface area contributed by atoms with Gasteiger partial charge in [0.15, 0.2) is 0 Å². The van der Waals surface area contributed by atoms with Crippen LogP contribution in [0.1, 0.15) is 47.6 Å². The number of amides is 1. The van der Waals surface area contributed by atoms with E-state index in [0.717, 1.165) is 34.0 Å². The Hall–Kier alpha value is -3.81. The van der Waals surface area contributed by atoms with Gasteiger partial charge in [0.2, 0.25) is 5.91 Å². The van der Waals surface area contributed by atoms with Crippen LogP contribution in [0.3, 0.4) is 0 Å². The summed E-state index contributed by atoms with van der Waals surface area (Å²) in [6.07, 6.45) is 4.19. The summed E-state index contributed by atoms with van der Waals surface area (Å²) in [6, 6.07) is 13.4. The minimum Gasteiger partial charge on any atom is -0.487 e. The second-order valence-electron chi connectivity index (χ2n) is 7.70. The van der Waals surface area contributed by atoms with Crippen LogP contribution in [0, 0.1) is 13.8 Å². The summed E-state index contributed by atoms with van der Waals surface area (Å²) in [5, 5.41) is 7.28. The van der Waals surface area contributed by atoms with Crippen LogP contribution in [0.2, 0.25) is 0 Å². The van der Waals surface area contributed by atoms with Gasteiger partial charge < -0.3 is 10.1 Å². The summed E-state index contributed by atoms with van der Waals surface area (Å²) in [5.41, 5.74) is 4.71. The van der Waals surface area contributed by atoms with Gasteiger partial charge in [-0.2, -0.15) is 10.1 Å². The molecule has 3 aromatic heterocycles. The van der Waals surface area contributed by atoms with Gasteiger partial charge in [-0.3, -0.25) is 9.78 Å². The molecule has 8 heteroatoms. The Bertz CT molecular complexity index is 1220. The van der Waals surface area contributed by atoms with Crippen molar-refractivity contribution in [2.45, 2.75) is 46.3 Å². The van der Waals surface area contributed by atoms with Gasteiger partial charge >= 0.3 is 0 Å². The van der Waals surface area contributed by atoms with E-state index in [0.29, 0.717) is 25.2 Å². The fraction of sp³-hybridized carbons (Fsp3) is 0.292. The SMILES string of the molecule is Cc1nc2ncnn2c(C)c1CCC(=O)NC(C)c1cccc(OCc2ccccn2)c1. The van der Waals surface area contributed by atoms with Crippen molar-refractivity contribution in [3.63, 3.8) is 0 Å². The molecule has 3 heterocycles. The maximum Gasteiger partial charge on any atom is 0.252 e. The zero-order chi connectivity index (χ0) is 22.5. The minimum absolute atomic E-state index is 0.0187. The molecule has 0 bridgehead atoms. The lowest BCUT2D eigenvalue weighted by Gasteiger charge is -2.16. The molecule has 0 radical (unpaired) electrons. The van der Waals surface area contributed by atoms with Crippen LogP contribution in [0.5, 0.6) is 5.75 Å². The van der Waals surface area contributed by atoms with Crippen molar-refractivity contribution < 1.29 is 9.53 Å².